The van der Waals surface area contributed by atoms with Gasteiger partial charge in [-0.1, -0.05) is 29.3 Å². The summed E-state index contributed by atoms with van der Waals surface area (Å²) in [5.41, 5.74) is -4.16. The highest BCUT2D eigenvalue weighted by Gasteiger charge is 2.46. The van der Waals surface area contributed by atoms with Crippen LogP contribution in [-0.2, 0) is 31.8 Å². The molecule has 0 aliphatic carbocycles. The van der Waals surface area contributed by atoms with Crippen LogP contribution in [0.4, 0.5) is 18.9 Å². The third kappa shape index (κ3) is 6.90. The van der Waals surface area contributed by atoms with Crippen molar-refractivity contribution in [1.82, 2.24) is 14.3 Å². The van der Waals surface area contributed by atoms with E-state index < -0.39 is 34.0 Å². The molecular formula is C23H23Cl2F3N4O5S. The molecule has 2 unspecified atom stereocenters. The maximum absolute atomic E-state index is 12.3. The Kier molecular flexibility index (Phi) is 8.75. The predicted octanol–water partition coefficient (Wildman–Crippen LogP) is 4.39. The molecule has 15 heteroatoms. The number of hydrogen-bond donors (Lipinski definition) is 2. The van der Waals surface area contributed by atoms with Crippen molar-refractivity contribution >= 4 is 38.9 Å². The van der Waals surface area contributed by atoms with Crippen LogP contribution >= 0.6 is 23.2 Å². The molecule has 1 aliphatic heterocycles. The van der Waals surface area contributed by atoms with Gasteiger partial charge < -0.3 is 24.1 Å². The molecule has 2 heterocycles. The second-order valence-electron chi connectivity index (χ2n) is 8.27. The summed E-state index contributed by atoms with van der Waals surface area (Å²) in [6.45, 7) is 0.223. The summed E-state index contributed by atoms with van der Waals surface area (Å²) in [5, 5.41) is 3.71. The van der Waals surface area contributed by atoms with Gasteiger partial charge in [-0.05, 0) is 36.4 Å². The Hall–Kier alpha value is -2.55. The Labute approximate surface area is 226 Å². The molecule has 1 fully saturated rings. The number of anilines is 1. The van der Waals surface area contributed by atoms with Gasteiger partial charge in [-0.25, -0.2) is 18.1 Å². The van der Waals surface area contributed by atoms with Crippen LogP contribution in [0.15, 0.2) is 61.2 Å². The minimum atomic E-state index is -5.37. The highest BCUT2D eigenvalue weighted by atomic mass is 35.5. The van der Waals surface area contributed by atoms with E-state index in [0.717, 1.165) is 0 Å². The van der Waals surface area contributed by atoms with Crippen molar-refractivity contribution in [2.24, 2.45) is 0 Å². The van der Waals surface area contributed by atoms with E-state index in [-0.39, 0.29) is 19.8 Å². The lowest BCUT2D eigenvalue weighted by molar-refractivity contribution is -0.189. The monoisotopic (exact) mass is 594 g/mol. The van der Waals surface area contributed by atoms with Crippen LogP contribution in [0.2, 0.25) is 10.0 Å². The maximum atomic E-state index is 12.3. The number of alkyl halides is 3. The number of aromatic nitrogens is 2. The van der Waals surface area contributed by atoms with Gasteiger partial charge in [-0.2, -0.15) is 13.2 Å². The largest absolute Gasteiger partial charge is 0.511 e. The molecule has 4 rings (SSSR count). The van der Waals surface area contributed by atoms with Crippen molar-refractivity contribution < 1.29 is 35.8 Å². The van der Waals surface area contributed by atoms with Gasteiger partial charge in [-0.15, -0.1) is 0 Å². The van der Waals surface area contributed by atoms with Crippen molar-refractivity contribution in [3.8, 4) is 5.75 Å². The molecule has 0 radical (unpaired) electrons. The van der Waals surface area contributed by atoms with Crippen LogP contribution in [0, 0.1) is 0 Å². The van der Waals surface area contributed by atoms with Crippen molar-refractivity contribution in [2.45, 2.75) is 23.9 Å². The lowest BCUT2D eigenvalue weighted by Crippen LogP contribution is -2.38. The highest BCUT2D eigenvalue weighted by Crippen LogP contribution is 2.40. The standard InChI is InChI=1S/C23H23Cl2F3N4O5S/c24-16-1-6-20(21(25)11-16)22(14-32-10-9-29-15-32)36-13-19(37-22)12-35-18-4-2-17(3-5-18)30-7-8-31-38(33,34)23(26,27)28/h1-6,9-11,15,19,30-31H,7-8,12-14H2. The number of ether oxygens (including phenoxy) is 3. The Morgan fingerprint density at radius 1 is 1.16 bits per heavy atom. The maximum Gasteiger partial charge on any atom is 0.511 e. The van der Waals surface area contributed by atoms with E-state index in [1.165, 1.54) is 4.72 Å². The van der Waals surface area contributed by atoms with Crippen molar-refractivity contribution in [3.05, 3.63) is 76.8 Å². The van der Waals surface area contributed by atoms with E-state index in [1.807, 2.05) is 4.57 Å². The zero-order valence-corrected chi connectivity index (χ0v) is 21.9. The fourth-order valence-electron chi connectivity index (χ4n) is 3.71. The average molecular weight is 595 g/mol. The molecule has 2 N–H and O–H groups in total. The Balaban J connectivity index is 1.32. The predicted molar refractivity (Wildman–Crippen MR) is 135 cm³/mol. The first-order valence-corrected chi connectivity index (χ1v) is 13.5. The summed E-state index contributed by atoms with van der Waals surface area (Å²) in [7, 11) is -5.37. The van der Waals surface area contributed by atoms with Crippen LogP contribution in [0.5, 0.6) is 5.75 Å². The molecule has 0 amide bonds. The number of imidazole rings is 1. The topological polar surface area (TPSA) is 104 Å². The Bertz CT molecular complexity index is 1330. The molecule has 1 saturated heterocycles. The minimum absolute atomic E-state index is 0.0466. The summed E-state index contributed by atoms with van der Waals surface area (Å²) < 4.78 is 80.6. The summed E-state index contributed by atoms with van der Waals surface area (Å²) >= 11 is 12.5. The summed E-state index contributed by atoms with van der Waals surface area (Å²) in [6, 6.07) is 11.7. The van der Waals surface area contributed by atoms with E-state index in [0.29, 0.717) is 33.6 Å². The Morgan fingerprint density at radius 3 is 2.58 bits per heavy atom. The van der Waals surface area contributed by atoms with Crippen molar-refractivity contribution in [3.63, 3.8) is 0 Å². The molecule has 206 valence electrons. The van der Waals surface area contributed by atoms with Crippen LogP contribution in [0.3, 0.4) is 0 Å². The summed E-state index contributed by atoms with van der Waals surface area (Å²) in [4.78, 5) is 4.06. The number of halogens is 5. The molecule has 2 aromatic carbocycles. The fourth-order valence-corrected chi connectivity index (χ4v) is 4.79. The van der Waals surface area contributed by atoms with E-state index >= 15 is 0 Å². The summed E-state index contributed by atoms with van der Waals surface area (Å²) in [5.74, 6) is -0.661. The number of sulfonamides is 1. The van der Waals surface area contributed by atoms with Gasteiger partial charge in [0, 0.05) is 41.8 Å². The molecular weight excluding hydrogens is 572 g/mol. The smallest absolute Gasteiger partial charge is 0.491 e. The SMILES string of the molecule is O=S(=O)(NCCNc1ccc(OCC2COC(Cn3ccnc3)(c3ccc(Cl)cc3Cl)O2)cc1)C(F)(F)F. The van der Waals surface area contributed by atoms with E-state index in [4.69, 9.17) is 37.4 Å². The molecule has 1 aliphatic rings. The lowest BCUT2D eigenvalue weighted by atomic mass is 10.1. The van der Waals surface area contributed by atoms with Crippen LogP contribution in [-0.4, -0.2) is 55.9 Å². The zero-order chi connectivity index (χ0) is 27.4. The molecule has 38 heavy (non-hydrogen) atoms. The minimum Gasteiger partial charge on any atom is -0.491 e. The van der Waals surface area contributed by atoms with Crippen LogP contribution in [0.25, 0.3) is 0 Å². The normalized spacial score (nSPS) is 20.0. The molecule has 9 nitrogen and oxygen atoms in total. The number of rotatable bonds is 11. The first-order chi connectivity index (χ1) is 18.0. The van der Waals surface area contributed by atoms with Gasteiger partial charge in [0.05, 0.1) is 24.5 Å². The molecule has 0 spiro atoms. The van der Waals surface area contributed by atoms with Gasteiger partial charge in [0.2, 0.25) is 5.79 Å². The highest BCUT2D eigenvalue weighted by molar-refractivity contribution is 7.90. The zero-order valence-electron chi connectivity index (χ0n) is 19.6. The number of nitrogens with zero attached hydrogens (tertiary/aromatic N) is 2. The molecule has 1 aromatic heterocycles. The second-order valence-corrected chi connectivity index (χ2v) is 10.9. The fraction of sp³-hybridized carbons (Fsp3) is 0.348. The van der Waals surface area contributed by atoms with E-state index in [1.54, 1.807) is 61.2 Å². The molecule has 2 atom stereocenters. The van der Waals surface area contributed by atoms with Gasteiger partial charge in [0.1, 0.15) is 18.5 Å². The first kappa shape index (κ1) is 28.5. The van der Waals surface area contributed by atoms with Gasteiger partial charge in [0.15, 0.2) is 0 Å². The van der Waals surface area contributed by atoms with Gasteiger partial charge in [-0.3, -0.25) is 0 Å². The third-order valence-electron chi connectivity index (χ3n) is 5.49. The van der Waals surface area contributed by atoms with E-state index in [9.17, 15) is 21.6 Å². The number of hydrogen-bond acceptors (Lipinski definition) is 7. The van der Waals surface area contributed by atoms with Gasteiger partial charge >= 0.3 is 15.5 Å². The Morgan fingerprint density at radius 2 is 1.92 bits per heavy atom. The summed E-state index contributed by atoms with van der Waals surface area (Å²) in [6.07, 6.45) is 4.64. The average Bonchev–Trinajstić information content (AvgIpc) is 3.51. The first-order valence-electron chi connectivity index (χ1n) is 11.2. The van der Waals surface area contributed by atoms with Crippen LogP contribution in [0.1, 0.15) is 5.56 Å². The molecule has 0 saturated carbocycles. The molecule has 0 bridgehead atoms. The van der Waals surface area contributed by atoms with Crippen LogP contribution < -0.4 is 14.8 Å². The van der Waals surface area contributed by atoms with Crippen molar-refractivity contribution in [2.75, 3.05) is 31.6 Å². The molecule has 3 aromatic rings. The van der Waals surface area contributed by atoms with Crippen molar-refractivity contribution in [1.29, 1.82) is 0 Å². The quantitative estimate of drug-likeness (QED) is 0.317. The van der Waals surface area contributed by atoms with Gasteiger partial charge in [0.25, 0.3) is 0 Å². The number of benzene rings is 2. The third-order valence-corrected chi connectivity index (χ3v) is 7.23. The number of nitrogens with one attached hydrogen (secondary N) is 2. The van der Waals surface area contributed by atoms with E-state index in [2.05, 4.69) is 10.3 Å². The second kappa shape index (κ2) is 11.7. The lowest BCUT2D eigenvalue weighted by Gasteiger charge is -2.30.